The second-order valence-electron chi connectivity index (χ2n) is 8.02. The van der Waals surface area contributed by atoms with Crippen molar-refractivity contribution in [2.24, 2.45) is 0 Å². The normalized spacial score (nSPS) is 15.1. The van der Waals surface area contributed by atoms with Crippen molar-refractivity contribution in [2.75, 3.05) is 39.3 Å². The lowest BCUT2D eigenvalue weighted by Gasteiger charge is -2.34. The van der Waals surface area contributed by atoms with E-state index in [2.05, 4.69) is 50.4 Å². The molecular weight excluding hydrogens is 388 g/mol. The average molecular weight is 419 g/mol. The van der Waals surface area contributed by atoms with E-state index in [1.807, 2.05) is 37.3 Å². The summed E-state index contributed by atoms with van der Waals surface area (Å²) in [5, 5.41) is 3.03. The summed E-state index contributed by atoms with van der Waals surface area (Å²) in [6.45, 7) is 8.58. The quantitative estimate of drug-likeness (QED) is 0.609. The molecule has 2 aromatic carbocycles. The van der Waals surface area contributed by atoms with Crippen molar-refractivity contribution < 1.29 is 9.21 Å². The molecule has 0 unspecified atom stereocenters. The Morgan fingerprint density at radius 3 is 2.32 bits per heavy atom. The molecule has 3 aromatic rings. The van der Waals surface area contributed by atoms with Crippen LogP contribution < -0.4 is 5.32 Å². The van der Waals surface area contributed by atoms with Crippen molar-refractivity contribution in [1.29, 1.82) is 0 Å². The first kappa shape index (κ1) is 21.3. The van der Waals surface area contributed by atoms with Crippen LogP contribution in [0.25, 0.3) is 11.5 Å². The number of aryl methyl sites for hydroxylation is 1. The summed E-state index contributed by atoms with van der Waals surface area (Å²) in [5.74, 6) is 1.25. The third kappa shape index (κ3) is 6.03. The molecule has 0 saturated carbocycles. The maximum Gasteiger partial charge on any atom is 0.226 e. The molecule has 1 aliphatic rings. The summed E-state index contributed by atoms with van der Waals surface area (Å²) in [6.07, 6.45) is 0.243. The number of nitrogens with one attached hydrogen (secondary N) is 1. The highest BCUT2D eigenvalue weighted by Crippen LogP contribution is 2.21. The Labute approximate surface area is 183 Å². The Kier molecular flexibility index (Phi) is 7.12. The zero-order valence-electron chi connectivity index (χ0n) is 18.1. The van der Waals surface area contributed by atoms with Gasteiger partial charge in [0.25, 0.3) is 0 Å². The van der Waals surface area contributed by atoms with Gasteiger partial charge in [0.05, 0.1) is 12.1 Å². The Hall–Kier alpha value is -2.96. The lowest BCUT2D eigenvalue weighted by Crippen LogP contribution is -2.48. The van der Waals surface area contributed by atoms with E-state index < -0.39 is 0 Å². The van der Waals surface area contributed by atoms with Gasteiger partial charge in [0.2, 0.25) is 11.8 Å². The molecule has 1 saturated heterocycles. The van der Waals surface area contributed by atoms with Crippen molar-refractivity contribution in [1.82, 2.24) is 20.1 Å². The molecule has 6 nitrogen and oxygen atoms in total. The van der Waals surface area contributed by atoms with Crippen molar-refractivity contribution in [3.05, 3.63) is 77.7 Å². The highest BCUT2D eigenvalue weighted by molar-refractivity contribution is 5.78. The van der Waals surface area contributed by atoms with Gasteiger partial charge < -0.3 is 9.73 Å². The number of hydrogen-bond acceptors (Lipinski definition) is 5. The lowest BCUT2D eigenvalue weighted by atomic mass is 10.2. The van der Waals surface area contributed by atoms with Crippen LogP contribution in [0.5, 0.6) is 0 Å². The SMILES string of the molecule is Cc1oc(-c2ccccc2)nc1CC(=O)NCCN1CCN(Cc2ccccc2)CC1. The number of oxazole rings is 1. The molecule has 162 valence electrons. The van der Waals surface area contributed by atoms with Crippen LogP contribution in [0.15, 0.2) is 65.1 Å². The molecule has 1 amide bonds. The third-order valence-electron chi connectivity index (χ3n) is 5.71. The highest BCUT2D eigenvalue weighted by Gasteiger charge is 2.18. The number of benzene rings is 2. The topological polar surface area (TPSA) is 61.6 Å². The molecule has 0 spiro atoms. The summed E-state index contributed by atoms with van der Waals surface area (Å²) < 4.78 is 5.75. The molecule has 0 aliphatic carbocycles. The lowest BCUT2D eigenvalue weighted by molar-refractivity contribution is -0.120. The first-order valence-electron chi connectivity index (χ1n) is 10.9. The number of carbonyl (C=O) groups is 1. The second-order valence-corrected chi connectivity index (χ2v) is 8.02. The van der Waals surface area contributed by atoms with Crippen LogP contribution in [0.4, 0.5) is 0 Å². The Morgan fingerprint density at radius 1 is 0.968 bits per heavy atom. The molecule has 6 heteroatoms. The Balaban J connectivity index is 1.17. The van der Waals surface area contributed by atoms with Crippen molar-refractivity contribution in [3.8, 4) is 11.5 Å². The largest absolute Gasteiger partial charge is 0.441 e. The average Bonchev–Trinajstić information content (AvgIpc) is 3.16. The molecule has 0 radical (unpaired) electrons. The van der Waals surface area contributed by atoms with Crippen LogP contribution in [0.1, 0.15) is 17.0 Å². The van der Waals surface area contributed by atoms with Crippen LogP contribution in [0, 0.1) is 6.92 Å². The number of hydrogen-bond donors (Lipinski definition) is 1. The third-order valence-corrected chi connectivity index (χ3v) is 5.71. The predicted octanol–water partition coefficient (Wildman–Crippen LogP) is 3.13. The first-order chi connectivity index (χ1) is 15.2. The number of piperazine rings is 1. The Bertz CT molecular complexity index is 964. The number of aromatic nitrogens is 1. The minimum absolute atomic E-state index is 0.0151. The molecule has 0 bridgehead atoms. The van der Waals surface area contributed by atoms with Crippen molar-refractivity contribution >= 4 is 5.91 Å². The van der Waals surface area contributed by atoms with E-state index in [9.17, 15) is 4.79 Å². The molecule has 2 heterocycles. The predicted molar refractivity (Wildman–Crippen MR) is 122 cm³/mol. The summed E-state index contributed by atoms with van der Waals surface area (Å²) in [7, 11) is 0. The zero-order valence-corrected chi connectivity index (χ0v) is 18.1. The van der Waals surface area contributed by atoms with E-state index in [0.29, 0.717) is 23.9 Å². The molecule has 1 N–H and O–H groups in total. The van der Waals surface area contributed by atoms with Gasteiger partial charge in [-0.05, 0) is 24.6 Å². The van der Waals surface area contributed by atoms with Gasteiger partial charge in [-0.25, -0.2) is 4.98 Å². The summed E-state index contributed by atoms with van der Waals surface area (Å²) in [6, 6.07) is 20.4. The van der Waals surface area contributed by atoms with Gasteiger partial charge in [0, 0.05) is 51.4 Å². The number of nitrogens with zero attached hydrogens (tertiary/aromatic N) is 3. The van der Waals surface area contributed by atoms with Crippen LogP contribution in [0.2, 0.25) is 0 Å². The van der Waals surface area contributed by atoms with Gasteiger partial charge in [-0.3, -0.25) is 14.6 Å². The van der Waals surface area contributed by atoms with E-state index in [0.717, 1.165) is 44.8 Å². The number of carbonyl (C=O) groups excluding carboxylic acids is 1. The molecular formula is C25H30N4O2. The fourth-order valence-electron chi connectivity index (χ4n) is 3.88. The monoisotopic (exact) mass is 418 g/mol. The van der Waals surface area contributed by atoms with Crippen molar-refractivity contribution in [2.45, 2.75) is 19.9 Å². The molecule has 0 atom stereocenters. The first-order valence-corrected chi connectivity index (χ1v) is 10.9. The minimum Gasteiger partial charge on any atom is -0.441 e. The van der Waals surface area contributed by atoms with Gasteiger partial charge in [0.15, 0.2) is 0 Å². The standard InChI is InChI=1S/C25H30N4O2/c1-20-23(27-25(31-20)22-10-6-3-7-11-22)18-24(30)26-12-13-28-14-16-29(17-15-28)19-21-8-4-2-5-9-21/h2-11H,12-19H2,1H3,(H,26,30). The smallest absolute Gasteiger partial charge is 0.226 e. The molecule has 1 aromatic heterocycles. The minimum atomic E-state index is -0.0151. The van der Waals surface area contributed by atoms with Crippen LogP contribution >= 0.6 is 0 Å². The fraction of sp³-hybridized carbons (Fsp3) is 0.360. The van der Waals surface area contributed by atoms with E-state index >= 15 is 0 Å². The van der Waals surface area contributed by atoms with Gasteiger partial charge in [0.1, 0.15) is 5.76 Å². The fourth-order valence-corrected chi connectivity index (χ4v) is 3.88. The maximum absolute atomic E-state index is 12.4. The van der Waals surface area contributed by atoms with Crippen LogP contribution in [0.3, 0.4) is 0 Å². The van der Waals surface area contributed by atoms with Crippen LogP contribution in [-0.4, -0.2) is 60.0 Å². The van der Waals surface area contributed by atoms with Crippen LogP contribution in [-0.2, 0) is 17.8 Å². The van der Waals surface area contributed by atoms with Gasteiger partial charge in [-0.1, -0.05) is 48.5 Å². The molecule has 1 aliphatic heterocycles. The summed E-state index contributed by atoms with van der Waals surface area (Å²) >= 11 is 0. The summed E-state index contributed by atoms with van der Waals surface area (Å²) in [4.78, 5) is 21.8. The van der Waals surface area contributed by atoms with Gasteiger partial charge in [-0.15, -0.1) is 0 Å². The highest BCUT2D eigenvalue weighted by atomic mass is 16.4. The van der Waals surface area contributed by atoms with E-state index in [1.54, 1.807) is 0 Å². The maximum atomic E-state index is 12.4. The van der Waals surface area contributed by atoms with E-state index in [4.69, 9.17) is 4.42 Å². The molecule has 31 heavy (non-hydrogen) atoms. The van der Waals surface area contributed by atoms with Crippen molar-refractivity contribution in [3.63, 3.8) is 0 Å². The molecule has 1 fully saturated rings. The van der Waals surface area contributed by atoms with E-state index in [1.165, 1.54) is 5.56 Å². The summed E-state index contributed by atoms with van der Waals surface area (Å²) in [5.41, 5.74) is 2.98. The Morgan fingerprint density at radius 2 is 1.61 bits per heavy atom. The molecule has 4 rings (SSSR count). The number of amides is 1. The second kappa shape index (κ2) is 10.4. The van der Waals surface area contributed by atoms with Gasteiger partial charge in [-0.2, -0.15) is 0 Å². The van der Waals surface area contributed by atoms with E-state index in [-0.39, 0.29) is 12.3 Å². The zero-order chi connectivity index (χ0) is 21.5. The van der Waals surface area contributed by atoms with Gasteiger partial charge >= 0.3 is 0 Å². The number of rotatable bonds is 8.